The van der Waals surface area contributed by atoms with Gasteiger partial charge in [-0.2, -0.15) is 0 Å². The topological polar surface area (TPSA) is 54.0 Å². The molecule has 0 radical (unpaired) electrons. The maximum atomic E-state index is 13.3. The maximum absolute atomic E-state index is 13.3. The fourth-order valence-corrected chi connectivity index (χ4v) is 2.25. The molecular weight excluding hydrogens is 340 g/mol. The lowest BCUT2D eigenvalue weighted by Gasteiger charge is -2.09. The van der Waals surface area contributed by atoms with Crippen molar-refractivity contribution in [3.63, 3.8) is 0 Å². The monoisotopic (exact) mass is 347 g/mol. The minimum Gasteiger partial charge on any atom is -0.373 e. The number of nitrogens with zero attached hydrogens (tertiary/aromatic N) is 1. The number of hydrogen-bond acceptors (Lipinski definition) is 3. The molecule has 1 heterocycles. The first-order valence-electron chi connectivity index (χ1n) is 5.71. The van der Waals surface area contributed by atoms with E-state index in [1.807, 2.05) is 0 Å². The molecule has 0 aliphatic carbocycles. The number of carbonyl (C=O) groups excluding carboxylic acids is 1. The maximum Gasteiger partial charge on any atom is 0.257 e. The molecule has 0 atom stereocenters. The lowest BCUT2D eigenvalue weighted by molar-refractivity contribution is 0.102. The average Bonchev–Trinajstić information content (AvgIpc) is 2.45. The third-order valence-corrected chi connectivity index (χ3v) is 3.45. The number of rotatable bonds is 3. The molecule has 0 aliphatic rings. The van der Waals surface area contributed by atoms with Crippen molar-refractivity contribution in [1.82, 2.24) is 4.98 Å². The van der Waals surface area contributed by atoms with Crippen LogP contribution in [0.5, 0.6) is 0 Å². The Morgan fingerprint density at radius 3 is 2.33 bits per heavy atom. The van der Waals surface area contributed by atoms with Crippen molar-refractivity contribution in [3.05, 3.63) is 50.8 Å². The average molecular weight is 349 g/mol. The third-order valence-electron chi connectivity index (χ3n) is 2.60. The molecule has 2 N–H and O–H groups in total. The molecule has 0 fully saturated rings. The van der Waals surface area contributed by atoms with E-state index >= 15 is 0 Å². The van der Waals surface area contributed by atoms with Crippen LogP contribution < -0.4 is 10.6 Å². The second-order valence-electron chi connectivity index (χ2n) is 4.01. The largest absolute Gasteiger partial charge is 0.373 e. The molecule has 21 heavy (non-hydrogen) atoms. The van der Waals surface area contributed by atoms with Gasteiger partial charge < -0.3 is 10.6 Å². The smallest absolute Gasteiger partial charge is 0.257 e. The molecule has 0 unspecified atom stereocenters. The summed E-state index contributed by atoms with van der Waals surface area (Å²) in [5.41, 5.74) is 0.475. The van der Waals surface area contributed by atoms with Gasteiger partial charge in [-0.15, -0.1) is 0 Å². The number of hydrogen-bond donors (Lipinski definition) is 2. The first-order chi connectivity index (χ1) is 9.92. The Labute approximate surface area is 135 Å². The van der Waals surface area contributed by atoms with Gasteiger partial charge in [-0.25, -0.2) is 9.37 Å². The standard InChI is InChI=1S/C13H9Cl3FN3O/c1-18-11-4-7(10(16)5-19-11)13(21)20-6-2-8(14)12(17)9(15)3-6/h2-5H,1H3,(H,18,19)(H,20,21). The molecule has 1 aromatic carbocycles. The Bertz CT molecular complexity index is 686. The zero-order valence-corrected chi connectivity index (χ0v) is 12.9. The van der Waals surface area contributed by atoms with Gasteiger partial charge in [-0.1, -0.05) is 34.8 Å². The van der Waals surface area contributed by atoms with Crippen molar-refractivity contribution in [2.24, 2.45) is 0 Å². The van der Waals surface area contributed by atoms with Crippen LogP contribution in [0.25, 0.3) is 0 Å². The highest BCUT2D eigenvalue weighted by Gasteiger charge is 2.14. The molecule has 110 valence electrons. The van der Waals surface area contributed by atoms with Gasteiger partial charge >= 0.3 is 0 Å². The summed E-state index contributed by atoms with van der Waals surface area (Å²) in [4.78, 5) is 16.2. The number of aromatic nitrogens is 1. The van der Waals surface area contributed by atoms with E-state index in [1.54, 1.807) is 7.05 Å². The van der Waals surface area contributed by atoms with Crippen LogP contribution in [0.1, 0.15) is 10.4 Å². The molecule has 4 nitrogen and oxygen atoms in total. The van der Waals surface area contributed by atoms with Crippen LogP contribution in [-0.2, 0) is 0 Å². The number of pyridine rings is 1. The minimum atomic E-state index is -0.740. The van der Waals surface area contributed by atoms with Crippen LogP contribution in [0.2, 0.25) is 15.1 Å². The summed E-state index contributed by atoms with van der Waals surface area (Å²) in [6.45, 7) is 0. The number of nitrogens with one attached hydrogen (secondary N) is 2. The fourth-order valence-electron chi connectivity index (χ4n) is 1.58. The lowest BCUT2D eigenvalue weighted by Crippen LogP contribution is -2.13. The van der Waals surface area contributed by atoms with Crippen LogP contribution in [0.15, 0.2) is 24.4 Å². The highest BCUT2D eigenvalue weighted by atomic mass is 35.5. The first kappa shape index (κ1) is 15.8. The summed E-state index contributed by atoms with van der Waals surface area (Å²) < 4.78 is 13.3. The number of amides is 1. The molecule has 0 bridgehead atoms. The lowest BCUT2D eigenvalue weighted by atomic mass is 10.2. The van der Waals surface area contributed by atoms with E-state index < -0.39 is 11.7 Å². The SMILES string of the molecule is CNc1cc(C(=O)Nc2cc(Cl)c(F)c(Cl)c2)c(Cl)cn1. The van der Waals surface area contributed by atoms with Gasteiger partial charge in [-0.3, -0.25) is 4.79 Å². The van der Waals surface area contributed by atoms with E-state index in [2.05, 4.69) is 15.6 Å². The molecule has 2 aromatic rings. The summed E-state index contributed by atoms with van der Waals surface area (Å²) in [5, 5.41) is 5.16. The zero-order valence-electron chi connectivity index (χ0n) is 10.7. The van der Waals surface area contributed by atoms with Crippen LogP contribution in [0.3, 0.4) is 0 Å². The van der Waals surface area contributed by atoms with Crippen LogP contribution in [-0.4, -0.2) is 17.9 Å². The fraction of sp³-hybridized carbons (Fsp3) is 0.0769. The molecule has 1 amide bonds. The highest BCUT2D eigenvalue weighted by molar-refractivity contribution is 6.36. The molecular formula is C13H9Cl3FN3O. The zero-order chi connectivity index (χ0) is 15.6. The predicted molar refractivity (Wildman–Crippen MR) is 83.2 cm³/mol. The minimum absolute atomic E-state index is 0.186. The van der Waals surface area contributed by atoms with Gasteiger partial charge in [0.15, 0.2) is 5.82 Å². The Kier molecular flexibility index (Phi) is 4.88. The normalized spacial score (nSPS) is 10.3. The van der Waals surface area contributed by atoms with Gasteiger partial charge in [0, 0.05) is 18.9 Å². The van der Waals surface area contributed by atoms with Crippen molar-refractivity contribution >= 4 is 52.2 Å². The van der Waals surface area contributed by atoms with Gasteiger partial charge in [0.1, 0.15) is 5.82 Å². The highest BCUT2D eigenvalue weighted by Crippen LogP contribution is 2.28. The number of carbonyl (C=O) groups is 1. The molecule has 0 spiro atoms. The van der Waals surface area contributed by atoms with E-state index in [1.165, 1.54) is 24.4 Å². The summed E-state index contributed by atoms with van der Waals surface area (Å²) in [5.74, 6) is -0.742. The quantitative estimate of drug-likeness (QED) is 0.804. The number of benzene rings is 1. The molecule has 1 aromatic heterocycles. The second kappa shape index (κ2) is 6.47. The third kappa shape index (κ3) is 3.56. The second-order valence-corrected chi connectivity index (χ2v) is 5.23. The van der Waals surface area contributed by atoms with Gasteiger partial charge in [-0.05, 0) is 18.2 Å². The number of anilines is 2. The van der Waals surface area contributed by atoms with Crippen molar-refractivity contribution in [3.8, 4) is 0 Å². The van der Waals surface area contributed by atoms with E-state index in [-0.39, 0.29) is 26.3 Å². The van der Waals surface area contributed by atoms with Crippen LogP contribution >= 0.6 is 34.8 Å². The Balaban J connectivity index is 2.30. The van der Waals surface area contributed by atoms with Gasteiger partial charge in [0.2, 0.25) is 0 Å². The Morgan fingerprint density at radius 1 is 1.14 bits per heavy atom. The van der Waals surface area contributed by atoms with E-state index in [0.717, 1.165) is 0 Å². The van der Waals surface area contributed by atoms with Crippen molar-refractivity contribution in [2.45, 2.75) is 0 Å². The summed E-state index contributed by atoms with van der Waals surface area (Å²) in [7, 11) is 1.66. The van der Waals surface area contributed by atoms with Gasteiger partial charge in [0.05, 0.1) is 20.6 Å². The van der Waals surface area contributed by atoms with Crippen LogP contribution in [0.4, 0.5) is 15.9 Å². The van der Waals surface area contributed by atoms with E-state index in [9.17, 15) is 9.18 Å². The van der Waals surface area contributed by atoms with Crippen molar-refractivity contribution in [2.75, 3.05) is 17.7 Å². The first-order valence-corrected chi connectivity index (χ1v) is 6.85. The summed E-state index contributed by atoms with van der Waals surface area (Å²) in [6, 6.07) is 4.01. The molecule has 0 saturated heterocycles. The van der Waals surface area contributed by atoms with Crippen molar-refractivity contribution < 1.29 is 9.18 Å². The van der Waals surface area contributed by atoms with Crippen molar-refractivity contribution in [1.29, 1.82) is 0 Å². The molecule has 0 saturated carbocycles. The molecule has 0 aliphatic heterocycles. The summed E-state index contributed by atoms with van der Waals surface area (Å²) in [6.07, 6.45) is 1.35. The number of halogens is 4. The Morgan fingerprint density at radius 2 is 1.76 bits per heavy atom. The Hall–Kier alpha value is -1.56. The van der Waals surface area contributed by atoms with Gasteiger partial charge in [0.25, 0.3) is 5.91 Å². The molecule has 8 heteroatoms. The van der Waals surface area contributed by atoms with E-state index in [0.29, 0.717) is 5.82 Å². The molecule has 2 rings (SSSR count). The van der Waals surface area contributed by atoms with Crippen LogP contribution in [0, 0.1) is 5.82 Å². The summed E-state index contributed by atoms with van der Waals surface area (Å²) >= 11 is 17.3. The van der Waals surface area contributed by atoms with E-state index in [4.69, 9.17) is 34.8 Å². The predicted octanol–water partition coefficient (Wildman–Crippen LogP) is 4.47.